The molecule has 0 bridgehead atoms. The van der Waals surface area contributed by atoms with Crippen LogP contribution in [0.15, 0.2) is 12.3 Å². The Morgan fingerprint density at radius 2 is 2.54 bits per heavy atom. The molecule has 0 unspecified atom stereocenters. The van der Waals surface area contributed by atoms with Crippen molar-refractivity contribution in [3.8, 4) is 5.88 Å². The lowest BCUT2D eigenvalue weighted by Crippen LogP contribution is -2.16. The lowest BCUT2D eigenvalue weighted by Gasteiger charge is -2.09. The average Bonchev–Trinajstić information content (AvgIpc) is 2.57. The van der Waals surface area contributed by atoms with Gasteiger partial charge in [0, 0.05) is 18.7 Å². The van der Waals surface area contributed by atoms with Gasteiger partial charge in [-0.2, -0.15) is 4.98 Å². The Morgan fingerprint density at radius 3 is 3.23 bits per heavy atom. The molecule has 2 heterocycles. The fourth-order valence-electron chi connectivity index (χ4n) is 1.16. The van der Waals surface area contributed by atoms with Crippen molar-refractivity contribution in [3.63, 3.8) is 0 Å². The minimum atomic E-state index is 0.103. The lowest BCUT2D eigenvalue weighted by molar-refractivity contribution is 0.138. The highest BCUT2D eigenvalue weighted by Gasteiger charge is 2.17. The zero-order valence-electron chi connectivity index (χ0n) is 6.94. The largest absolute Gasteiger partial charge is 0.472 e. The van der Waals surface area contributed by atoms with Crippen molar-refractivity contribution in [2.75, 3.05) is 13.2 Å². The Hall–Kier alpha value is -0.870. The van der Waals surface area contributed by atoms with Gasteiger partial charge in [-0.05, 0) is 11.6 Å². The molecule has 1 aromatic rings. The number of hydrogen-bond donors (Lipinski definition) is 0. The van der Waals surface area contributed by atoms with Gasteiger partial charge in [-0.15, -0.1) is 0 Å². The van der Waals surface area contributed by atoms with Crippen LogP contribution in [0.5, 0.6) is 5.88 Å². The summed E-state index contributed by atoms with van der Waals surface area (Å²) in [6.07, 6.45) is 2.58. The Balaban J connectivity index is 2.00. The molecule has 1 aromatic heterocycles. The molecule has 0 radical (unpaired) electrons. The van der Waals surface area contributed by atoms with Crippen LogP contribution in [0.1, 0.15) is 6.42 Å². The van der Waals surface area contributed by atoms with Crippen LogP contribution in [0, 0.1) is 0 Å². The van der Waals surface area contributed by atoms with Gasteiger partial charge in [-0.3, -0.25) is 0 Å². The maximum Gasteiger partial charge on any atom is 0.225 e. The van der Waals surface area contributed by atoms with Gasteiger partial charge in [0.25, 0.3) is 0 Å². The molecular formula is C8H9ClN2O2. The first kappa shape index (κ1) is 8.72. The molecule has 1 fully saturated rings. The van der Waals surface area contributed by atoms with E-state index in [-0.39, 0.29) is 11.4 Å². The summed E-state index contributed by atoms with van der Waals surface area (Å²) in [7, 11) is 0. The summed E-state index contributed by atoms with van der Waals surface area (Å²) in [5.41, 5.74) is 0. The lowest BCUT2D eigenvalue weighted by atomic mass is 10.3. The fourth-order valence-corrected chi connectivity index (χ4v) is 1.30. The molecule has 1 atom stereocenters. The molecule has 1 aliphatic heterocycles. The normalized spacial score (nSPS) is 21.8. The molecule has 0 amide bonds. The van der Waals surface area contributed by atoms with Crippen molar-refractivity contribution in [1.29, 1.82) is 0 Å². The van der Waals surface area contributed by atoms with E-state index in [4.69, 9.17) is 21.1 Å². The molecule has 0 spiro atoms. The van der Waals surface area contributed by atoms with Gasteiger partial charge >= 0.3 is 0 Å². The van der Waals surface area contributed by atoms with Crippen molar-refractivity contribution in [3.05, 3.63) is 17.5 Å². The van der Waals surface area contributed by atoms with Crippen LogP contribution in [0.3, 0.4) is 0 Å². The van der Waals surface area contributed by atoms with Crippen LogP contribution in [0.2, 0.25) is 5.28 Å². The molecule has 13 heavy (non-hydrogen) atoms. The first-order valence-electron chi connectivity index (χ1n) is 4.07. The predicted octanol–water partition coefficient (Wildman–Crippen LogP) is 1.30. The molecule has 70 valence electrons. The van der Waals surface area contributed by atoms with E-state index in [9.17, 15) is 0 Å². The average molecular weight is 201 g/mol. The van der Waals surface area contributed by atoms with Crippen LogP contribution >= 0.6 is 11.6 Å². The third kappa shape index (κ3) is 2.29. The molecule has 0 aromatic carbocycles. The summed E-state index contributed by atoms with van der Waals surface area (Å²) in [6, 6.07) is 1.68. The zero-order chi connectivity index (χ0) is 9.10. The van der Waals surface area contributed by atoms with Crippen LogP contribution in [0.4, 0.5) is 0 Å². The zero-order valence-corrected chi connectivity index (χ0v) is 7.70. The first-order valence-corrected chi connectivity index (χ1v) is 4.45. The van der Waals surface area contributed by atoms with Gasteiger partial charge in [0.15, 0.2) is 0 Å². The van der Waals surface area contributed by atoms with Crippen molar-refractivity contribution in [2.45, 2.75) is 12.5 Å². The van der Waals surface area contributed by atoms with Crippen LogP contribution in [-0.2, 0) is 4.74 Å². The van der Waals surface area contributed by atoms with E-state index in [1.807, 2.05) is 0 Å². The van der Waals surface area contributed by atoms with Gasteiger partial charge in [-0.25, -0.2) is 4.98 Å². The number of aromatic nitrogens is 2. The number of ether oxygens (including phenoxy) is 2. The molecule has 1 aliphatic rings. The van der Waals surface area contributed by atoms with Gasteiger partial charge in [0.2, 0.25) is 11.2 Å². The van der Waals surface area contributed by atoms with Crippen molar-refractivity contribution >= 4 is 11.6 Å². The topological polar surface area (TPSA) is 44.2 Å². The number of rotatable bonds is 2. The Labute approximate surface area is 80.9 Å². The molecule has 0 N–H and O–H groups in total. The van der Waals surface area contributed by atoms with E-state index >= 15 is 0 Å². The second-order valence-electron chi connectivity index (χ2n) is 2.77. The van der Waals surface area contributed by atoms with E-state index in [1.54, 1.807) is 12.3 Å². The third-order valence-electron chi connectivity index (χ3n) is 1.78. The van der Waals surface area contributed by atoms with E-state index in [1.165, 1.54) is 0 Å². The fraction of sp³-hybridized carbons (Fsp3) is 0.500. The van der Waals surface area contributed by atoms with Crippen LogP contribution in [-0.4, -0.2) is 29.3 Å². The molecule has 2 rings (SSSR count). The van der Waals surface area contributed by atoms with Crippen molar-refractivity contribution < 1.29 is 9.47 Å². The highest BCUT2D eigenvalue weighted by atomic mass is 35.5. The smallest absolute Gasteiger partial charge is 0.225 e. The summed E-state index contributed by atoms with van der Waals surface area (Å²) < 4.78 is 10.7. The minimum absolute atomic E-state index is 0.103. The van der Waals surface area contributed by atoms with E-state index in [0.717, 1.165) is 13.0 Å². The first-order chi connectivity index (χ1) is 6.34. The van der Waals surface area contributed by atoms with E-state index in [0.29, 0.717) is 12.5 Å². The highest BCUT2D eigenvalue weighted by molar-refractivity contribution is 6.28. The second-order valence-corrected chi connectivity index (χ2v) is 3.11. The van der Waals surface area contributed by atoms with Crippen LogP contribution in [0.25, 0.3) is 0 Å². The predicted molar refractivity (Wildman–Crippen MR) is 46.9 cm³/mol. The van der Waals surface area contributed by atoms with Crippen molar-refractivity contribution in [2.24, 2.45) is 0 Å². The molecular weight excluding hydrogens is 192 g/mol. The molecule has 0 saturated carbocycles. The summed E-state index contributed by atoms with van der Waals surface area (Å²) in [5, 5.41) is 0.205. The number of halogens is 1. The maximum absolute atomic E-state index is 5.60. The number of nitrogens with zero attached hydrogens (tertiary/aromatic N) is 2. The summed E-state index contributed by atoms with van der Waals surface area (Å²) in [4.78, 5) is 7.67. The van der Waals surface area contributed by atoms with Gasteiger partial charge in [-0.1, -0.05) is 0 Å². The Morgan fingerprint density at radius 1 is 1.62 bits per heavy atom. The minimum Gasteiger partial charge on any atom is -0.472 e. The molecule has 0 aliphatic carbocycles. The van der Waals surface area contributed by atoms with Crippen LogP contribution < -0.4 is 4.74 Å². The quantitative estimate of drug-likeness (QED) is 0.675. The summed E-state index contributed by atoms with van der Waals surface area (Å²) in [5.74, 6) is 0.510. The standard InChI is InChI=1S/C8H9ClN2O2/c9-8-10-3-1-7(11-8)13-6-2-4-12-5-6/h1,3,6H,2,4-5H2/t6-/m0/s1. The summed E-state index contributed by atoms with van der Waals surface area (Å²) >= 11 is 5.60. The second kappa shape index (κ2) is 3.89. The number of hydrogen-bond acceptors (Lipinski definition) is 4. The van der Waals surface area contributed by atoms with Gasteiger partial charge in [0.1, 0.15) is 6.10 Å². The SMILES string of the molecule is Clc1nccc(O[C@H]2CCOC2)n1. The van der Waals surface area contributed by atoms with E-state index in [2.05, 4.69) is 9.97 Å². The Kier molecular flexibility index (Phi) is 2.61. The van der Waals surface area contributed by atoms with E-state index < -0.39 is 0 Å². The van der Waals surface area contributed by atoms with Crippen molar-refractivity contribution in [1.82, 2.24) is 9.97 Å². The Bertz CT molecular complexity index is 289. The molecule has 4 nitrogen and oxygen atoms in total. The molecule has 1 saturated heterocycles. The third-order valence-corrected chi connectivity index (χ3v) is 1.96. The highest BCUT2D eigenvalue weighted by Crippen LogP contribution is 2.14. The maximum atomic E-state index is 5.60. The summed E-state index contributed by atoms with van der Waals surface area (Å²) in [6.45, 7) is 1.38. The van der Waals surface area contributed by atoms with Gasteiger partial charge in [0.05, 0.1) is 13.2 Å². The monoisotopic (exact) mass is 200 g/mol. The molecule has 5 heteroatoms. The van der Waals surface area contributed by atoms with Gasteiger partial charge < -0.3 is 9.47 Å².